The van der Waals surface area contributed by atoms with Crippen LogP contribution in [-0.4, -0.2) is 20.5 Å². The van der Waals surface area contributed by atoms with Gasteiger partial charge in [-0.25, -0.2) is 8.42 Å². The van der Waals surface area contributed by atoms with Crippen molar-refractivity contribution in [1.82, 2.24) is 0 Å². The van der Waals surface area contributed by atoms with Crippen molar-refractivity contribution in [3.8, 4) is 0 Å². The number of hydrogen-bond donors (Lipinski definition) is 1. The first-order valence-electron chi connectivity index (χ1n) is 7.53. The Morgan fingerprint density at radius 1 is 1.00 bits per heavy atom. The molecule has 4 nitrogen and oxygen atoms in total. The number of ketones is 1. The molecule has 0 fully saturated rings. The second kappa shape index (κ2) is 8.82. The van der Waals surface area contributed by atoms with Gasteiger partial charge in [-0.1, -0.05) is 39.0 Å². The van der Waals surface area contributed by atoms with Gasteiger partial charge in [-0.05, 0) is 30.7 Å². The molecule has 5 heteroatoms. The summed E-state index contributed by atoms with van der Waals surface area (Å²) in [6.45, 7) is 2.19. The predicted molar refractivity (Wildman–Crippen MR) is 87.2 cm³/mol. The van der Waals surface area contributed by atoms with E-state index < -0.39 is 10.0 Å². The molecule has 0 aliphatic rings. The summed E-state index contributed by atoms with van der Waals surface area (Å²) in [5.74, 6) is 0.122. The van der Waals surface area contributed by atoms with Gasteiger partial charge >= 0.3 is 0 Å². The summed E-state index contributed by atoms with van der Waals surface area (Å²) in [5, 5.41) is 0. The monoisotopic (exact) mass is 311 g/mol. The Kier molecular flexibility index (Phi) is 7.43. The molecule has 0 radical (unpaired) electrons. The lowest BCUT2D eigenvalue weighted by Crippen LogP contribution is -2.09. The molecular formula is C16H25NO3S. The van der Waals surface area contributed by atoms with Gasteiger partial charge in [-0.15, -0.1) is 0 Å². The molecule has 21 heavy (non-hydrogen) atoms. The maximum Gasteiger partial charge on any atom is 0.229 e. The highest BCUT2D eigenvalue weighted by Gasteiger charge is 2.07. The van der Waals surface area contributed by atoms with Crippen LogP contribution in [-0.2, 0) is 10.0 Å². The number of rotatable bonds is 10. The fourth-order valence-electron chi connectivity index (χ4n) is 2.15. The minimum atomic E-state index is -3.27. The van der Waals surface area contributed by atoms with Gasteiger partial charge < -0.3 is 0 Å². The Morgan fingerprint density at radius 2 is 1.57 bits per heavy atom. The van der Waals surface area contributed by atoms with E-state index in [4.69, 9.17) is 0 Å². The molecule has 0 unspecified atom stereocenters. The summed E-state index contributed by atoms with van der Waals surface area (Å²) >= 11 is 0. The fourth-order valence-corrected chi connectivity index (χ4v) is 2.71. The number of carbonyl (C=O) groups is 1. The summed E-state index contributed by atoms with van der Waals surface area (Å²) in [5.41, 5.74) is 1.12. The van der Waals surface area contributed by atoms with Crippen molar-refractivity contribution in [2.45, 2.75) is 51.9 Å². The van der Waals surface area contributed by atoms with Crippen LogP contribution in [0, 0.1) is 0 Å². The maximum atomic E-state index is 12.0. The van der Waals surface area contributed by atoms with Crippen LogP contribution in [0.3, 0.4) is 0 Å². The predicted octanol–water partition coefficient (Wildman–Crippen LogP) is 3.99. The molecule has 0 saturated heterocycles. The molecular weight excluding hydrogens is 286 g/mol. The zero-order chi connectivity index (χ0) is 15.7. The van der Waals surface area contributed by atoms with Crippen LogP contribution in [0.5, 0.6) is 0 Å². The summed E-state index contributed by atoms with van der Waals surface area (Å²) in [7, 11) is -3.27. The van der Waals surface area contributed by atoms with E-state index in [1.807, 2.05) is 0 Å². The smallest absolute Gasteiger partial charge is 0.229 e. The van der Waals surface area contributed by atoms with E-state index in [2.05, 4.69) is 11.6 Å². The van der Waals surface area contributed by atoms with Gasteiger partial charge in [-0.2, -0.15) is 0 Å². The lowest BCUT2D eigenvalue weighted by molar-refractivity contribution is 0.0979. The Balaban J connectivity index is 2.38. The SMILES string of the molecule is CCCCCCCCC(=O)c1ccc(NS(C)(=O)=O)cc1. The Labute approximate surface area is 128 Å². The molecule has 0 saturated carbocycles. The van der Waals surface area contributed by atoms with E-state index in [0.717, 1.165) is 19.1 Å². The molecule has 0 heterocycles. The molecule has 118 valence electrons. The number of hydrogen-bond acceptors (Lipinski definition) is 3. The highest BCUT2D eigenvalue weighted by atomic mass is 32.2. The number of anilines is 1. The van der Waals surface area contributed by atoms with Crippen molar-refractivity contribution >= 4 is 21.5 Å². The quantitative estimate of drug-likeness (QED) is 0.525. The fraction of sp³-hybridized carbons (Fsp3) is 0.562. The average molecular weight is 311 g/mol. The highest BCUT2D eigenvalue weighted by molar-refractivity contribution is 7.92. The Hall–Kier alpha value is -1.36. The third kappa shape index (κ3) is 7.85. The molecule has 1 N–H and O–H groups in total. The molecule has 0 spiro atoms. The van der Waals surface area contributed by atoms with E-state index in [9.17, 15) is 13.2 Å². The van der Waals surface area contributed by atoms with Gasteiger partial charge in [0, 0.05) is 17.7 Å². The number of nitrogens with one attached hydrogen (secondary N) is 1. The second-order valence-electron chi connectivity index (χ2n) is 5.39. The van der Waals surface area contributed by atoms with Crippen LogP contribution in [0.25, 0.3) is 0 Å². The van der Waals surface area contributed by atoms with Gasteiger partial charge in [0.1, 0.15) is 0 Å². The van der Waals surface area contributed by atoms with Crippen molar-refractivity contribution in [3.63, 3.8) is 0 Å². The lowest BCUT2D eigenvalue weighted by Gasteiger charge is -2.05. The Morgan fingerprint density at radius 3 is 2.14 bits per heavy atom. The second-order valence-corrected chi connectivity index (χ2v) is 7.14. The number of sulfonamides is 1. The molecule has 0 atom stereocenters. The first-order valence-corrected chi connectivity index (χ1v) is 9.42. The normalized spacial score (nSPS) is 11.3. The van der Waals surface area contributed by atoms with Crippen molar-refractivity contribution in [1.29, 1.82) is 0 Å². The van der Waals surface area contributed by atoms with Gasteiger partial charge in [-0.3, -0.25) is 9.52 Å². The molecule has 0 aliphatic carbocycles. The van der Waals surface area contributed by atoms with Gasteiger partial charge in [0.05, 0.1) is 6.26 Å². The first kappa shape index (κ1) is 17.7. The third-order valence-electron chi connectivity index (χ3n) is 3.27. The van der Waals surface area contributed by atoms with Gasteiger partial charge in [0.2, 0.25) is 10.0 Å². The van der Waals surface area contributed by atoms with Crippen LogP contribution >= 0.6 is 0 Å². The molecule has 1 aromatic carbocycles. The largest absolute Gasteiger partial charge is 0.294 e. The Bertz CT molecular complexity index is 535. The number of unbranched alkanes of at least 4 members (excludes halogenated alkanes) is 5. The zero-order valence-corrected chi connectivity index (χ0v) is 13.7. The topological polar surface area (TPSA) is 63.2 Å². The number of benzene rings is 1. The summed E-state index contributed by atoms with van der Waals surface area (Å²) in [4.78, 5) is 12.0. The first-order chi connectivity index (χ1) is 9.92. The summed E-state index contributed by atoms with van der Waals surface area (Å²) in [6.07, 6.45) is 8.62. The molecule has 0 amide bonds. The van der Waals surface area contributed by atoms with E-state index in [-0.39, 0.29) is 5.78 Å². The highest BCUT2D eigenvalue weighted by Crippen LogP contribution is 2.14. The van der Waals surface area contributed by atoms with Crippen LogP contribution < -0.4 is 4.72 Å². The summed E-state index contributed by atoms with van der Waals surface area (Å²) in [6, 6.07) is 6.59. The van der Waals surface area contributed by atoms with E-state index in [1.165, 1.54) is 25.7 Å². The van der Waals surface area contributed by atoms with Crippen LogP contribution in [0.2, 0.25) is 0 Å². The molecule has 1 rings (SSSR count). The van der Waals surface area contributed by atoms with Crippen molar-refractivity contribution in [2.24, 2.45) is 0 Å². The maximum absolute atomic E-state index is 12.0. The van der Waals surface area contributed by atoms with Gasteiger partial charge in [0.25, 0.3) is 0 Å². The van der Waals surface area contributed by atoms with Crippen LogP contribution in [0.15, 0.2) is 24.3 Å². The molecule has 0 aromatic heterocycles. The average Bonchev–Trinajstić information content (AvgIpc) is 2.41. The van der Waals surface area contributed by atoms with Crippen molar-refractivity contribution in [2.75, 3.05) is 11.0 Å². The van der Waals surface area contributed by atoms with E-state index in [0.29, 0.717) is 17.7 Å². The lowest BCUT2D eigenvalue weighted by atomic mass is 10.0. The van der Waals surface area contributed by atoms with Crippen LogP contribution in [0.1, 0.15) is 62.2 Å². The number of carbonyl (C=O) groups excluding carboxylic acids is 1. The minimum Gasteiger partial charge on any atom is -0.294 e. The van der Waals surface area contributed by atoms with Crippen molar-refractivity contribution in [3.05, 3.63) is 29.8 Å². The minimum absolute atomic E-state index is 0.122. The molecule has 0 aliphatic heterocycles. The molecule has 0 bridgehead atoms. The van der Waals surface area contributed by atoms with Crippen LogP contribution in [0.4, 0.5) is 5.69 Å². The molecule has 1 aromatic rings. The summed E-state index contributed by atoms with van der Waals surface area (Å²) < 4.78 is 24.6. The third-order valence-corrected chi connectivity index (χ3v) is 3.87. The zero-order valence-electron chi connectivity index (χ0n) is 12.9. The van der Waals surface area contributed by atoms with E-state index >= 15 is 0 Å². The number of Topliss-reactive ketones (excluding diaryl/α,β-unsaturated/α-hetero) is 1. The standard InChI is InChI=1S/C16H25NO3S/c1-3-4-5-6-7-8-9-16(18)14-10-12-15(13-11-14)17-21(2,19)20/h10-13,17H,3-9H2,1-2H3. The van der Waals surface area contributed by atoms with E-state index in [1.54, 1.807) is 24.3 Å². The van der Waals surface area contributed by atoms with Gasteiger partial charge in [0.15, 0.2) is 5.78 Å². The van der Waals surface area contributed by atoms with Crippen molar-refractivity contribution < 1.29 is 13.2 Å².